The zero-order valence-electron chi connectivity index (χ0n) is 12.3. The zero-order valence-corrected chi connectivity index (χ0v) is 12.3. The fourth-order valence-electron chi connectivity index (χ4n) is 2.17. The molecule has 0 fully saturated rings. The summed E-state index contributed by atoms with van der Waals surface area (Å²) >= 11 is 0. The van der Waals surface area contributed by atoms with Crippen LogP contribution >= 0.6 is 0 Å². The van der Waals surface area contributed by atoms with Crippen molar-refractivity contribution in [3.8, 4) is 5.75 Å². The van der Waals surface area contributed by atoms with Crippen LogP contribution in [-0.4, -0.2) is 24.1 Å². The van der Waals surface area contributed by atoms with Crippen LogP contribution in [0.15, 0.2) is 29.1 Å². The van der Waals surface area contributed by atoms with E-state index in [0.717, 1.165) is 10.9 Å². The van der Waals surface area contributed by atoms with Crippen LogP contribution in [0.4, 0.5) is 5.69 Å². The molecule has 3 N–H and O–H groups in total. The summed E-state index contributed by atoms with van der Waals surface area (Å²) in [5.74, 6) is -0.149. The van der Waals surface area contributed by atoms with Crippen molar-refractivity contribution in [3.63, 3.8) is 0 Å². The van der Waals surface area contributed by atoms with E-state index in [1.54, 1.807) is 22.8 Å². The van der Waals surface area contributed by atoms with Crippen LogP contribution in [0.2, 0.25) is 0 Å². The van der Waals surface area contributed by atoms with Crippen molar-refractivity contribution in [1.82, 2.24) is 9.88 Å². The molecule has 0 radical (unpaired) electrons. The molecule has 0 atom stereocenters. The predicted octanol–water partition coefficient (Wildman–Crippen LogP) is 1.29. The lowest BCUT2D eigenvalue weighted by Gasteiger charge is -2.16. The SMILES string of the molecule is CNC(=O)COc1cc2cc(N)ccc2n(C(C)C)c1=O. The lowest BCUT2D eigenvalue weighted by atomic mass is 10.1. The van der Waals surface area contributed by atoms with E-state index in [1.807, 2.05) is 19.9 Å². The minimum absolute atomic E-state index is 0.0350. The Morgan fingerprint density at radius 2 is 2.10 bits per heavy atom. The zero-order chi connectivity index (χ0) is 15.6. The molecule has 2 aromatic rings. The second-order valence-electron chi connectivity index (χ2n) is 5.06. The van der Waals surface area contributed by atoms with E-state index in [-0.39, 0.29) is 29.9 Å². The van der Waals surface area contributed by atoms with Gasteiger partial charge in [0, 0.05) is 24.2 Å². The monoisotopic (exact) mass is 289 g/mol. The predicted molar refractivity (Wildman–Crippen MR) is 82.6 cm³/mol. The molecule has 1 aromatic heterocycles. The Morgan fingerprint density at radius 1 is 1.38 bits per heavy atom. The summed E-state index contributed by atoms with van der Waals surface area (Å²) in [5.41, 5.74) is 6.93. The summed E-state index contributed by atoms with van der Waals surface area (Å²) in [7, 11) is 1.51. The number of fused-ring (bicyclic) bond motifs is 1. The maximum atomic E-state index is 12.5. The Morgan fingerprint density at radius 3 is 2.71 bits per heavy atom. The van der Waals surface area contributed by atoms with Gasteiger partial charge in [0.05, 0.1) is 5.52 Å². The molecule has 0 saturated heterocycles. The van der Waals surface area contributed by atoms with Gasteiger partial charge in [-0.25, -0.2) is 0 Å². The van der Waals surface area contributed by atoms with Crippen LogP contribution < -0.4 is 21.3 Å². The summed E-state index contributed by atoms with van der Waals surface area (Å²) in [6.07, 6.45) is 0. The topological polar surface area (TPSA) is 86.3 Å². The fraction of sp³-hybridized carbons (Fsp3) is 0.333. The molecule has 0 aliphatic heterocycles. The van der Waals surface area contributed by atoms with E-state index in [9.17, 15) is 9.59 Å². The Balaban J connectivity index is 2.58. The first kappa shape index (κ1) is 14.9. The van der Waals surface area contributed by atoms with Crippen molar-refractivity contribution in [2.75, 3.05) is 19.4 Å². The number of aromatic nitrogens is 1. The molecule has 2 rings (SSSR count). The smallest absolute Gasteiger partial charge is 0.293 e. The molecular formula is C15H19N3O3. The number of amides is 1. The average molecular weight is 289 g/mol. The van der Waals surface area contributed by atoms with Gasteiger partial charge in [-0.15, -0.1) is 0 Å². The van der Waals surface area contributed by atoms with Crippen molar-refractivity contribution >= 4 is 22.5 Å². The standard InChI is InChI=1S/C15H19N3O3/c1-9(2)18-12-5-4-11(16)6-10(12)7-13(15(18)20)21-8-14(19)17-3/h4-7,9H,8,16H2,1-3H3,(H,17,19). The highest BCUT2D eigenvalue weighted by Crippen LogP contribution is 2.22. The molecule has 21 heavy (non-hydrogen) atoms. The molecule has 0 saturated carbocycles. The van der Waals surface area contributed by atoms with Gasteiger partial charge >= 0.3 is 0 Å². The second kappa shape index (κ2) is 5.87. The van der Waals surface area contributed by atoms with Crippen molar-refractivity contribution < 1.29 is 9.53 Å². The van der Waals surface area contributed by atoms with E-state index < -0.39 is 0 Å². The average Bonchev–Trinajstić information content (AvgIpc) is 2.44. The molecule has 6 heteroatoms. The van der Waals surface area contributed by atoms with Gasteiger partial charge in [-0.2, -0.15) is 0 Å². The first-order chi connectivity index (χ1) is 9.93. The lowest BCUT2D eigenvalue weighted by molar-refractivity contribution is -0.122. The minimum Gasteiger partial charge on any atom is -0.478 e. The molecule has 0 bridgehead atoms. The number of pyridine rings is 1. The molecule has 112 valence electrons. The summed E-state index contributed by atoms with van der Waals surface area (Å²) in [5, 5.41) is 3.25. The number of nitrogen functional groups attached to an aromatic ring is 1. The van der Waals surface area contributed by atoms with Gasteiger partial charge in [0.1, 0.15) is 0 Å². The normalized spacial score (nSPS) is 10.9. The largest absolute Gasteiger partial charge is 0.478 e. The number of carbonyl (C=O) groups excluding carboxylic acids is 1. The Labute approximate surface area is 122 Å². The molecule has 1 heterocycles. The summed E-state index contributed by atoms with van der Waals surface area (Å²) in [6.45, 7) is 3.64. The van der Waals surface area contributed by atoms with E-state index >= 15 is 0 Å². The third-order valence-corrected chi connectivity index (χ3v) is 3.18. The molecule has 0 spiro atoms. The first-order valence-electron chi connectivity index (χ1n) is 6.72. The Kier molecular flexibility index (Phi) is 4.16. The van der Waals surface area contributed by atoms with Gasteiger partial charge < -0.3 is 20.4 Å². The summed E-state index contributed by atoms with van der Waals surface area (Å²) in [6, 6.07) is 6.93. The van der Waals surface area contributed by atoms with Crippen LogP contribution in [0, 0.1) is 0 Å². The summed E-state index contributed by atoms with van der Waals surface area (Å²) in [4.78, 5) is 23.8. The van der Waals surface area contributed by atoms with Gasteiger partial charge in [-0.05, 0) is 38.1 Å². The molecule has 0 aliphatic rings. The number of ether oxygens (including phenoxy) is 1. The first-order valence-corrected chi connectivity index (χ1v) is 6.72. The minimum atomic E-state index is -0.293. The second-order valence-corrected chi connectivity index (χ2v) is 5.06. The molecule has 1 aromatic carbocycles. The fourth-order valence-corrected chi connectivity index (χ4v) is 2.17. The van der Waals surface area contributed by atoms with Crippen molar-refractivity contribution in [2.45, 2.75) is 19.9 Å². The molecule has 1 amide bonds. The number of anilines is 1. The van der Waals surface area contributed by atoms with Gasteiger partial charge in [0.2, 0.25) is 0 Å². The lowest BCUT2D eigenvalue weighted by Crippen LogP contribution is -2.29. The van der Waals surface area contributed by atoms with Gasteiger partial charge in [0.25, 0.3) is 11.5 Å². The van der Waals surface area contributed by atoms with Crippen molar-refractivity contribution in [2.24, 2.45) is 0 Å². The Hall–Kier alpha value is -2.50. The molecular weight excluding hydrogens is 270 g/mol. The summed E-state index contributed by atoms with van der Waals surface area (Å²) < 4.78 is 6.97. The number of nitrogens with one attached hydrogen (secondary N) is 1. The van der Waals surface area contributed by atoms with E-state index in [1.165, 1.54) is 7.05 Å². The van der Waals surface area contributed by atoms with Gasteiger partial charge in [-0.3, -0.25) is 9.59 Å². The van der Waals surface area contributed by atoms with E-state index in [2.05, 4.69) is 5.32 Å². The van der Waals surface area contributed by atoms with Gasteiger partial charge in [0.15, 0.2) is 12.4 Å². The highest BCUT2D eigenvalue weighted by atomic mass is 16.5. The third-order valence-electron chi connectivity index (χ3n) is 3.18. The van der Waals surface area contributed by atoms with Crippen molar-refractivity contribution in [3.05, 3.63) is 34.6 Å². The maximum absolute atomic E-state index is 12.5. The van der Waals surface area contributed by atoms with Crippen molar-refractivity contribution in [1.29, 1.82) is 0 Å². The van der Waals surface area contributed by atoms with E-state index in [4.69, 9.17) is 10.5 Å². The highest BCUT2D eigenvalue weighted by Gasteiger charge is 2.13. The van der Waals surface area contributed by atoms with Crippen LogP contribution in [-0.2, 0) is 4.79 Å². The number of likely N-dealkylation sites (N-methyl/N-ethyl adjacent to an activating group) is 1. The number of hydrogen-bond acceptors (Lipinski definition) is 4. The number of carbonyl (C=O) groups is 1. The van der Waals surface area contributed by atoms with Crippen LogP contribution in [0.5, 0.6) is 5.75 Å². The Bertz CT molecular complexity index is 735. The number of nitrogens with two attached hydrogens (primary N) is 1. The highest BCUT2D eigenvalue weighted by molar-refractivity contribution is 5.84. The molecule has 0 aliphatic carbocycles. The van der Waals surface area contributed by atoms with Crippen LogP contribution in [0.1, 0.15) is 19.9 Å². The van der Waals surface area contributed by atoms with Gasteiger partial charge in [-0.1, -0.05) is 0 Å². The quantitative estimate of drug-likeness (QED) is 0.830. The van der Waals surface area contributed by atoms with Crippen LogP contribution in [0.3, 0.4) is 0 Å². The van der Waals surface area contributed by atoms with Crippen LogP contribution in [0.25, 0.3) is 10.9 Å². The van der Waals surface area contributed by atoms with E-state index in [0.29, 0.717) is 5.69 Å². The number of hydrogen-bond donors (Lipinski definition) is 2. The maximum Gasteiger partial charge on any atom is 0.293 e. The third kappa shape index (κ3) is 2.99. The number of rotatable bonds is 4. The molecule has 6 nitrogen and oxygen atoms in total. The number of benzene rings is 1. The molecule has 0 unspecified atom stereocenters. The number of nitrogens with zero attached hydrogens (tertiary/aromatic N) is 1.